The van der Waals surface area contributed by atoms with Crippen LogP contribution in [0.1, 0.15) is 28.9 Å². The molecule has 0 spiro atoms. The number of halogens is 3. The maximum Gasteiger partial charge on any atom is 0.416 e. The van der Waals surface area contributed by atoms with Crippen molar-refractivity contribution in [2.75, 3.05) is 6.54 Å². The number of nitrogens with one attached hydrogen (secondary N) is 1. The number of nitrogens with zero attached hydrogens (tertiary/aromatic N) is 2. The Hall–Kier alpha value is -2.35. The zero-order valence-corrected chi connectivity index (χ0v) is 12.8. The Morgan fingerprint density at radius 2 is 2.12 bits per heavy atom. The minimum atomic E-state index is -4.43. The van der Waals surface area contributed by atoms with Crippen LogP contribution in [0.15, 0.2) is 36.5 Å². The minimum Gasteiger partial charge on any atom is -0.346 e. The second-order valence-corrected chi connectivity index (χ2v) is 5.85. The number of amides is 1. The smallest absolute Gasteiger partial charge is 0.346 e. The summed E-state index contributed by atoms with van der Waals surface area (Å²) in [5, 5.41) is 6.89. The summed E-state index contributed by atoms with van der Waals surface area (Å²) in [6.07, 6.45) is -0.886. The summed E-state index contributed by atoms with van der Waals surface area (Å²) in [7, 11) is 0. The van der Waals surface area contributed by atoms with Gasteiger partial charge in [0.15, 0.2) is 5.69 Å². The monoisotopic (exact) mass is 338 g/mol. The van der Waals surface area contributed by atoms with E-state index in [1.165, 1.54) is 29.1 Å². The van der Waals surface area contributed by atoms with E-state index in [9.17, 15) is 18.0 Å². The summed E-state index contributed by atoms with van der Waals surface area (Å²) in [4.78, 5) is 12.2. The summed E-state index contributed by atoms with van der Waals surface area (Å²) in [5.41, 5.74) is 5.26. The molecule has 1 aromatic carbocycles. The highest BCUT2D eigenvalue weighted by Crippen LogP contribution is 2.32. The van der Waals surface area contributed by atoms with Crippen molar-refractivity contribution in [3.05, 3.63) is 47.8 Å². The largest absolute Gasteiger partial charge is 0.416 e. The molecule has 1 saturated carbocycles. The van der Waals surface area contributed by atoms with E-state index in [-0.39, 0.29) is 23.3 Å². The Morgan fingerprint density at radius 3 is 2.75 bits per heavy atom. The van der Waals surface area contributed by atoms with Gasteiger partial charge in [-0.3, -0.25) is 4.79 Å². The molecule has 0 aliphatic heterocycles. The van der Waals surface area contributed by atoms with Gasteiger partial charge < -0.3 is 11.1 Å². The van der Waals surface area contributed by atoms with E-state index in [1.807, 2.05) is 0 Å². The zero-order chi connectivity index (χ0) is 17.3. The third-order valence-corrected chi connectivity index (χ3v) is 4.02. The lowest BCUT2D eigenvalue weighted by Crippen LogP contribution is -2.41. The first-order chi connectivity index (χ1) is 11.4. The molecule has 2 aromatic rings. The molecule has 1 aromatic heterocycles. The van der Waals surface area contributed by atoms with Gasteiger partial charge in [0.1, 0.15) is 0 Å². The van der Waals surface area contributed by atoms with E-state index < -0.39 is 11.7 Å². The van der Waals surface area contributed by atoms with Crippen LogP contribution in [0.5, 0.6) is 0 Å². The summed E-state index contributed by atoms with van der Waals surface area (Å²) in [6, 6.07) is 6.16. The van der Waals surface area contributed by atoms with Gasteiger partial charge in [0.2, 0.25) is 0 Å². The fourth-order valence-corrected chi connectivity index (χ4v) is 2.52. The molecule has 1 aliphatic carbocycles. The normalized spacial score (nSPS) is 16.0. The van der Waals surface area contributed by atoms with Crippen LogP contribution in [0.4, 0.5) is 13.2 Å². The van der Waals surface area contributed by atoms with Gasteiger partial charge in [0.25, 0.3) is 5.91 Å². The van der Waals surface area contributed by atoms with Crippen LogP contribution >= 0.6 is 0 Å². The Kier molecular flexibility index (Phi) is 4.31. The maximum atomic E-state index is 12.8. The summed E-state index contributed by atoms with van der Waals surface area (Å²) in [6.45, 7) is 0.352. The van der Waals surface area contributed by atoms with Crippen LogP contribution < -0.4 is 11.1 Å². The third-order valence-electron chi connectivity index (χ3n) is 4.02. The van der Waals surface area contributed by atoms with Gasteiger partial charge >= 0.3 is 6.18 Å². The molecule has 3 N–H and O–H groups in total. The van der Waals surface area contributed by atoms with E-state index >= 15 is 0 Å². The van der Waals surface area contributed by atoms with Crippen LogP contribution in [0.2, 0.25) is 0 Å². The standard InChI is InChI=1S/C16H17F3N4O/c17-16(18,19)11-2-1-3-12(8-11)23-7-6-13(22-23)15(24)21-14(9-20)10-4-5-10/h1-3,6-8,10,14H,4-5,9,20H2,(H,21,24). The van der Waals surface area contributed by atoms with Crippen molar-refractivity contribution in [2.45, 2.75) is 25.1 Å². The van der Waals surface area contributed by atoms with Gasteiger partial charge in [0.05, 0.1) is 11.3 Å². The van der Waals surface area contributed by atoms with Crippen LogP contribution in [0.3, 0.4) is 0 Å². The van der Waals surface area contributed by atoms with Crippen molar-refractivity contribution in [3.63, 3.8) is 0 Å². The number of alkyl halides is 3. The molecule has 1 unspecified atom stereocenters. The summed E-state index contributed by atoms with van der Waals surface area (Å²) < 4.78 is 39.6. The van der Waals surface area contributed by atoms with Crippen molar-refractivity contribution in [1.29, 1.82) is 0 Å². The number of nitrogens with two attached hydrogens (primary N) is 1. The fraction of sp³-hybridized carbons (Fsp3) is 0.375. The van der Waals surface area contributed by atoms with E-state index in [0.717, 1.165) is 25.0 Å². The van der Waals surface area contributed by atoms with E-state index in [1.54, 1.807) is 0 Å². The molecule has 1 heterocycles. The average molecular weight is 338 g/mol. The topological polar surface area (TPSA) is 72.9 Å². The minimum absolute atomic E-state index is 0.0868. The molecule has 1 fully saturated rings. The highest BCUT2D eigenvalue weighted by atomic mass is 19.4. The SMILES string of the molecule is NCC(NC(=O)c1ccn(-c2cccc(C(F)(F)F)c2)n1)C1CC1. The highest BCUT2D eigenvalue weighted by Gasteiger charge is 2.32. The van der Waals surface area contributed by atoms with Crippen molar-refractivity contribution < 1.29 is 18.0 Å². The molecule has 5 nitrogen and oxygen atoms in total. The predicted molar refractivity (Wildman–Crippen MR) is 81.6 cm³/mol. The van der Waals surface area contributed by atoms with Gasteiger partial charge in [-0.05, 0) is 43.0 Å². The molecule has 24 heavy (non-hydrogen) atoms. The van der Waals surface area contributed by atoms with Crippen molar-refractivity contribution in [2.24, 2.45) is 11.7 Å². The Morgan fingerprint density at radius 1 is 1.38 bits per heavy atom. The molecule has 8 heteroatoms. The number of hydrogen-bond donors (Lipinski definition) is 2. The number of hydrogen-bond acceptors (Lipinski definition) is 3. The van der Waals surface area contributed by atoms with Gasteiger partial charge in [-0.25, -0.2) is 4.68 Å². The number of aromatic nitrogens is 2. The van der Waals surface area contributed by atoms with Crippen molar-refractivity contribution >= 4 is 5.91 Å². The number of benzene rings is 1. The molecule has 1 aliphatic rings. The molecule has 1 amide bonds. The van der Waals surface area contributed by atoms with Crippen molar-refractivity contribution in [3.8, 4) is 5.69 Å². The maximum absolute atomic E-state index is 12.8. The molecule has 3 rings (SSSR count). The predicted octanol–water partition coefficient (Wildman–Crippen LogP) is 2.36. The summed E-state index contributed by atoms with van der Waals surface area (Å²) in [5.74, 6) is 0.0348. The summed E-state index contributed by atoms with van der Waals surface area (Å²) >= 11 is 0. The Labute approximate surface area is 136 Å². The first-order valence-electron chi connectivity index (χ1n) is 7.62. The van der Waals surface area contributed by atoms with Crippen LogP contribution in [-0.2, 0) is 6.18 Å². The first-order valence-corrected chi connectivity index (χ1v) is 7.62. The zero-order valence-electron chi connectivity index (χ0n) is 12.8. The number of rotatable bonds is 5. The van der Waals surface area contributed by atoms with Crippen molar-refractivity contribution in [1.82, 2.24) is 15.1 Å². The lowest BCUT2D eigenvalue weighted by molar-refractivity contribution is -0.137. The quantitative estimate of drug-likeness (QED) is 0.879. The van der Waals surface area contributed by atoms with Gasteiger partial charge in [-0.2, -0.15) is 18.3 Å². The molecule has 1 atom stereocenters. The van der Waals surface area contributed by atoms with Gasteiger partial charge in [0, 0.05) is 18.8 Å². The third kappa shape index (κ3) is 3.59. The van der Waals surface area contributed by atoms with Gasteiger partial charge in [-0.15, -0.1) is 0 Å². The van der Waals surface area contributed by atoms with E-state index in [4.69, 9.17) is 5.73 Å². The first kappa shape index (κ1) is 16.5. The molecular weight excluding hydrogens is 321 g/mol. The molecule has 128 valence electrons. The number of carbonyl (C=O) groups is 1. The lowest BCUT2D eigenvalue weighted by Gasteiger charge is -2.14. The van der Waals surface area contributed by atoms with E-state index in [2.05, 4.69) is 10.4 Å². The number of carbonyl (C=O) groups excluding carboxylic acids is 1. The average Bonchev–Trinajstić information content (AvgIpc) is 3.27. The molecule has 0 radical (unpaired) electrons. The Bertz CT molecular complexity index is 737. The lowest BCUT2D eigenvalue weighted by atomic mass is 10.2. The van der Waals surface area contributed by atoms with Crippen LogP contribution in [-0.4, -0.2) is 28.3 Å². The second-order valence-electron chi connectivity index (χ2n) is 5.85. The van der Waals surface area contributed by atoms with E-state index in [0.29, 0.717) is 12.5 Å². The second kappa shape index (κ2) is 6.27. The van der Waals surface area contributed by atoms with Crippen LogP contribution in [0.25, 0.3) is 5.69 Å². The Balaban J connectivity index is 1.76. The molecule has 0 saturated heterocycles. The fourth-order valence-electron chi connectivity index (χ4n) is 2.52. The molecule has 0 bridgehead atoms. The van der Waals surface area contributed by atoms with Gasteiger partial charge in [-0.1, -0.05) is 6.07 Å². The van der Waals surface area contributed by atoms with Crippen LogP contribution in [0, 0.1) is 5.92 Å². The molecular formula is C16H17F3N4O. The highest BCUT2D eigenvalue weighted by molar-refractivity contribution is 5.92.